The van der Waals surface area contributed by atoms with Crippen LogP contribution in [0.4, 0.5) is 0 Å². The predicted molar refractivity (Wildman–Crippen MR) is 104 cm³/mol. The van der Waals surface area contributed by atoms with E-state index in [1.807, 2.05) is 67.8 Å². The second-order valence-electron chi connectivity index (χ2n) is 5.58. The molecular formula is C20H20N2O2S. The summed E-state index contributed by atoms with van der Waals surface area (Å²) in [6.45, 7) is 6.36. The zero-order valence-corrected chi connectivity index (χ0v) is 15.1. The maximum atomic E-state index is 12.8. The molecule has 2 aromatic carbocycles. The highest BCUT2D eigenvalue weighted by molar-refractivity contribution is 7.98. The molecule has 0 amide bonds. The van der Waals surface area contributed by atoms with Gasteiger partial charge in [0.25, 0.3) is 0 Å². The monoisotopic (exact) mass is 352 g/mol. The summed E-state index contributed by atoms with van der Waals surface area (Å²) in [5, 5.41) is 10.7. The number of benzene rings is 2. The molecule has 0 fully saturated rings. The molecule has 0 unspecified atom stereocenters. The number of aromatic hydroxyl groups is 1. The van der Waals surface area contributed by atoms with Crippen LogP contribution < -0.4 is 5.69 Å². The van der Waals surface area contributed by atoms with Gasteiger partial charge in [-0.3, -0.25) is 9.13 Å². The van der Waals surface area contributed by atoms with Crippen LogP contribution in [0.5, 0.6) is 5.88 Å². The average Bonchev–Trinajstić information content (AvgIpc) is 2.91. The summed E-state index contributed by atoms with van der Waals surface area (Å²) in [5.41, 5.74) is 2.33. The van der Waals surface area contributed by atoms with Crippen molar-refractivity contribution in [2.24, 2.45) is 0 Å². The van der Waals surface area contributed by atoms with E-state index in [0.29, 0.717) is 23.5 Å². The maximum absolute atomic E-state index is 12.8. The van der Waals surface area contributed by atoms with E-state index < -0.39 is 0 Å². The summed E-state index contributed by atoms with van der Waals surface area (Å²) < 4.78 is 2.87. The molecule has 5 heteroatoms. The molecule has 0 aliphatic rings. The molecule has 0 aliphatic heterocycles. The number of rotatable bonds is 5. The molecule has 0 aliphatic carbocycles. The summed E-state index contributed by atoms with van der Waals surface area (Å²) in [6, 6.07) is 17.2. The highest BCUT2D eigenvalue weighted by Gasteiger charge is 2.22. The quantitative estimate of drug-likeness (QED) is 0.702. The maximum Gasteiger partial charge on any atom is 0.336 e. The molecule has 1 heterocycles. The Kier molecular flexibility index (Phi) is 4.86. The highest BCUT2D eigenvalue weighted by Crippen LogP contribution is 2.31. The lowest BCUT2D eigenvalue weighted by molar-refractivity contribution is 0.417. The lowest BCUT2D eigenvalue weighted by Gasteiger charge is -2.11. The van der Waals surface area contributed by atoms with E-state index in [2.05, 4.69) is 6.58 Å². The zero-order chi connectivity index (χ0) is 18.0. The summed E-state index contributed by atoms with van der Waals surface area (Å²) in [4.78, 5) is 13.9. The third kappa shape index (κ3) is 3.03. The molecule has 0 saturated heterocycles. The van der Waals surface area contributed by atoms with Gasteiger partial charge in [0.1, 0.15) is 5.69 Å². The van der Waals surface area contributed by atoms with E-state index in [-0.39, 0.29) is 11.6 Å². The van der Waals surface area contributed by atoms with Gasteiger partial charge in [0.2, 0.25) is 5.88 Å². The highest BCUT2D eigenvalue weighted by atomic mass is 32.2. The van der Waals surface area contributed by atoms with Crippen LogP contribution in [0.25, 0.3) is 11.3 Å². The van der Waals surface area contributed by atoms with Gasteiger partial charge in [-0.2, -0.15) is 0 Å². The molecule has 0 bridgehead atoms. The first kappa shape index (κ1) is 17.2. The van der Waals surface area contributed by atoms with Crippen molar-refractivity contribution < 1.29 is 5.11 Å². The minimum atomic E-state index is -0.275. The van der Waals surface area contributed by atoms with Crippen molar-refractivity contribution in [1.82, 2.24) is 9.13 Å². The molecular weight excluding hydrogens is 332 g/mol. The van der Waals surface area contributed by atoms with E-state index in [4.69, 9.17) is 0 Å². The molecule has 0 saturated carbocycles. The number of imidazole rings is 1. The van der Waals surface area contributed by atoms with Crippen molar-refractivity contribution >= 4 is 17.3 Å². The molecule has 0 spiro atoms. The minimum Gasteiger partial charge on any atom is -0.493 e. The first-order chi connectivity index (χ1) is 12.1. The van der Waals surface area contributed by atoms with E-state index >= 15 is 0 Å². The second-order valence-corrected chi connectivity index (χ2v) is 6.46. The van der Waals surface area contributed by atoms with Crippen LogP contribution in [0.3, 0.4) is 0 Å². The molecule has 0 radical (unpaired) electrons. The second kappa shape index (κ2) is 7.07. The Hall–Kier alpha value is -2.66. The average molecular weight is 352 g/mol. The van der Waals surface area contributed by atoms with Gasteiger partial charge >= 0.3 is 5.69 Å². The van der Waals surface area contributed by atoms with Gasteiger partial charge in [-0.05, 0) is 43.0 Å². The standard InChI is InChI=1S/C20H20N2O2S/c1-4-21-19(23)18(14(2)15-10-12-17(25-3)13-11-15)22(20(21)24)16-8-6-5-7-9-16/h5-13,23H,2,4H2,1,3H3. The SMILES string of the molecule is C=C(c1ccc(SC)cc1)c1c(O)n(CC)c(=O)n1-c1ccccc1. The molecule has 128 valence electrons. The van der Waals surface area contributed by atoms with Crippen LogP contribution in [-0.2, 0) is 6.54 Å². The van der Waals surface area contributed by atoms with E-state index in [1.165, 1.54) is 9.13 Å². The van der Waals surface area contributed by atoms with Crippen molar-refractivity contribution in [3.05, 3.63) is 82.9 Å². The fourth-order valence-electron chi connectivity index (χ4n) is 2.84. The third-order valence-electron chi connectivity index (χ3n) is 4.17. The molecule has 4 nitrogen and oxygen atoms in total. The van der Waals surface area contributed by atoms with Crippen LogP contribution >= 0.6 is 11.8 Å². The number of nitrogens with zero attached hydrogens (tertiary/aromatic N) is 2. The fourth-order valence-corrected chi connectivity index (χ4v) is 3.24. The smallest absolute Gasteiger partial charge is 0.336 e. The molecule has 3 aromatic rings. The third-order valence-corrected chi connectivity index (χ3v) is 4.91. The van der Waals surface area contributed by atoms with E-state index in [0.717, 1.165) is 10.5 Å². The van der Waals surface area contributed by atoms with Crippen molar-refractivity contribution in [3.63, 3.8) is 0 Å². The summed E-state index contributed by atoms with van der Waals surface area (Å²) in [5.74, 6) is -0.0599. The van der Waals surface area contributed by atoms with Gasteiger partial charge in [-0.15, -0.1) is 11.8 Å². The Balaban J connectivity index is 2.20. The minimum absolute atomic E-state index is 0.0599. The van der Waals surface area contributed by atoms with Crippen molar-refractivity contribution in [3.8, 4) is 11.6 Å². The van der Waals surface area contributed by atoms with Crippen LogP contribution in [0.1, 0.15) is 18.2 Å². The van der Waals surface area contributed by atoms with Crippen LogP contribution in [0.2, 0.25) is 0 Å². The summed E-state index contributed by atoms with van der Waals surface area (Å²) in [7, 11) is 0. The number of aromatic nitrogens is 2. The molecule has 0 atom stereocenters. The first-order valence-corrected chi connectivity index (χ1v) is 9.24. The van der Waals surface area contributed by atoms with Gasteiger partial charge in [0.05, 0.1) is 5.69 Å². The lowest BCUT2D eigenvalue weighted by atomic mass is 10.0. The first-order valence-electron chi connectivity index (χ1n) is 8.02. The van der Waals surface area contributed by atoms with Crippen molar-refractivity contribution in [1.29, 1.82) is 0 Å². The molecule has 1 N–H and O–H groups in total. The topological polar surface area (TPSA) is 47.2 Å². The van der Waals surface area contributed by atoms with Gasteiger partial charge in [-0.1, -0.05) is 36.9 Å². The number of hydrogen-bond acceptors (Lipinski definition) is 3. The summed E-state index contributed by atoms with van der Waals surface area (Å²) in [6.07, 6.45) is 2.02. The summed E-state index contributed by atoms with van der Waals surface area (Å²) >= 11 is 1.66. The lowest BCUT2D eigenvalue weighted by Crippen LogP contribution is -2.23. The zero-order valence-electron chi connectivity index (χ0n) is 14.3. The van der Waals surface area contributed by atoms with Crippen LogP contribution in [-0.4, -0.2) is 20.5 Å². The van der Waals surface area contributed by atoms with Crippen LogP contribution in [0, 0.1) is 0 Å². The molecule has 1 aromatic heterocycles. The number of thioether (sulfide) groups is 1. The van der Waals surface area contributed by atoms with Crippen molar-refractivity contribution in [2.45, 2.75) is 18.4 Å². The predicted octanol–water partition coefficient (Wildman–Crippen LogP) is 4.15. The normalized spacial score (nSPS) is 10.8. The van der Waals surface area contributed by atoms with Crippen LogP contribution in [0.15, 0.2) is 70.9 Å². The molecule has 3 rings (SSSR count). The van der Waals surface area contributed by atoms with Gasteiger partial charge in [0, 0.05) is 17.0 Å². The van der Waals surface area contributed by atoms with Gasteiger partial charge in [0.15, 0.2) is 0 Å². The van der Waals surface area contributed by atoms with Crippen molar-refractivity contribution in [2.75, 3.05) is 6.26 Å². The Labute approximate surface area is 151 Å². The Morgan fingerprint density at radius 1 is 1.12 bits per heavy atom. The van der Waals surface area contributed by atoms with Gasteiger partial charge < -0.3 is 5.11 Å². The Bertz CT molecular complexity index is 954. The molecule has 25 heavy (non-hydrogen) atoms. The number of hydrogen-bond donors (Lipinski definition) is 1. The fraction of sp³-hybridized carbons (Fsp3) is 0.150. The van der Waals surface area contributed by atoms with Gasteiger partial charge in [-0.25, -0.2) is 4.79 Å². The van der Waals surface area contributed by atoms with E-state index in [9.17, 15) is 9.90 Å². The Morgan fingerprint density at radius 2 is 1.76 bits per heavy atom. The van der Waals surface area contributed by atoms with E-state index in [1.54, 1.807) is 11.8 Å². The number of para-hydroxylation sites is 1. The largest absolute Gasteiger partial charge is 0.493 e. The Morgan fingerprint density at radius 3 is 2.32 bits per heavy atom.